The first kappa shape index (κ1) is 17.9. The maximum absolute atomic E-state index is 11.8. The third kappa shape index (κ3) is 4.80. The highest BCUT2D eigenvalue weighted by atomic mass is 35.5. The van der Waals surface area contributed by atoms with Gasteiger partial charge >= 0.3 is 0 Å². The number of hydrogen-bond donors (Lipinski definition) is 2. The molecule has 3 rings (SSSR count). The second-order valence-electron chi connectivity index (χ2n) is 5.43. The Morgan fingerprint density at radius 2 is 2.04 bits per heavy atom. The number of nitrogens with one attached hydrogen (secondary N) is 2. The summed E-state index contributed by atoms with van der Waals surface area (Å²) < 4.78 is 16.0. The van der Waals surface area contributed by atoms with Crippen LogP contribution in [0, 0.1) is 0 Å². The number of carbonyl (C=O) groups excluding carboxylic acids is 2. The highest BCUT2D eigenvalue weighted by Gasteiger charge is 2.16. The zero-order chi connectivity index (χ0) is 18.4. The molecule has 0 atom stereocenters. The monoisotopic (exact) mass is 376 g/mol. The van der Waals surface area contributed by atoms with E-state index in [0.29, 0.717) is 41.1 Å². The summed E-state index contributed by atoms with van der Waals surface area (Å²) in [6, 6.07) is 6.90. The van der Waals surface area contributed by atoms with Gasteiger partial charge in [0.2, 0.25) is 11.8 Å². The largest absolute Gasteiger partial charge is 0.486 e. The van der Waals surface area contributed by atoms with Crippen molar-refractivity contribution in [3.8, 4) is 11.5 Å². The van der Waals surface area contributed by atoms with Crippen LogP contribution in [0.5, 0.6) is 11.5 Å². The first-order valence-corrected chi connectivity index (χ1v) is 8.34. The van der Waals surface area contributed by atoms with Crippen LogP contribution in [0.15, 0.2) is 41.0 Å². The van der Waals surface area contributed by atoms with E-state index >= 15 is 0 Å². The molecule has 1 aliphatic rings. The quantitative estimate of drug-likeness (QED) is 0.754. The second-order valence-corrected chi connectivity index (χ2v) is 5.84. The molecule has 1 aromatic carbocycles. The fourth-order valence-corrected chi connectivity index (χ4v) is 2.56. The summed E-state index contributed by atoms with van der Waals surface area (Å²) in [5.41, 5.74) is 0.691. The molecule has 1 aliphatic heterocycles. The number of amides is 2. The molecule has 7 nitrogen and oxygen atoms in total. The molecular formula is C18H17ClN2O5. The van der Waals surface area contributed by atoms with Gasteiger partial charge in [-0.25, -0.2) is 0 Å². The molecule has 136 valence electrons. The summed E-state index contributed by atoms with van der Waals surface area (Å²) in [6.45, 7) is 1.04. The molecule has 0 fully saturated rings. The lowest BCUT2D eigenvalue weighted by molar-refractivity contribution is -0.124. The van der Waals surface area contributed by atoms with Gasteiger partial charge in [0.25, 0.3) is 0 Å². The highest BCUT2D eigenvalue weighted by molar-refractivity contribution is 6.32. The Balaban J connectivity index is 1.48. The molecule has 8 heteroatoms. The van der Waals surface area contributed by atoms with Crippen LogP contribution in [0.3, 0.4) is 0 Å². The van der Waals surface area contributed by atoms with E-state index in [-0.39, 0.29) is 19.0 Å². The van der Waals surface area contributed by atoms with Crippen molar-refractivity contribution < 1.29 is 23.5 Å². The molecular weight excluding hydrogens is 360 g/mol. The van der Waals surface area contributed by atoms with Gasteiger partial charge in [-0.15, -0.1) is 0 Å². The van der Waals surface area contributed by atoms with Gasteiger partial charge in [-0.2, -0.15) is 0 Å². The molecule has 2 N–H and O–H groups in total. The van der Waals surface area contributed by atoms with E-state index in [1.54, 1.807) is 30.3 Å². The third-order valence-electron chi connectivity index (χ3n) is 3.51. The summed E-state index contributed by atoms with van der Waals surface area (Å²) in [6.07, 6.45) is 4.43. The summed E-state index contributed by atoms with van der Waals surface area (Å²) in [5.74, 6) is 0.976. The van der Waals surface area contributed by atoms with Gasteiger partial charge in [0.05, 0.1) is 24.4 Å². The topological polar surface area (TPSA) is 89.8 Å². The fourth-order valence-electron chi connectivity index (χ4n) is 2.29. The summed E-state index contributed by atoms with van der Waals surface area (Å²) >= 11 is 6.14. The Morgan fingerprint density at radius 3 is 2.85 bits per heavy atom. The first-order chi connectivity index (χ1) is 12.6. The molecule has 0 spiro atoms. The minimum Gasteiger partial charge on any atom is -0.486 e. The maximum atomic E-state index is 11.8. The summed E-state index contributed by atoms with van der Waals surface area (Å²) in [7, 11) is 0. The van der Waals surface area contributed by atoms with Crippen molar-refractivity contribution in [1.82, 2.24) is 10.6 Å². The van der Waals surface area contributed by atoms with Crippen LogP contribution in [0.1, 0.15) is 11.3 Å². The lowest BCUT2D eigenvalue weighted by Crippen LogP contribution is -2.35. The van der Waals surface area contributed by atoms with E-state index in [2.05, 4.69) is 10.6 Å². The van der Waals surface area contributed by atoms with Crippen molar-refractivity contribution in [3.05, 3.63) is 53.0 Å². The molecule has 1 aromatic heterocycles. The predicted octanol–water partition coefficient (Wildman–Crippen LogP) is 2.15. The van der Waals surface area contributed by atoms with Crippen LogP contribution in [0.25, 0.3) is 6.08 Å². The van der Waals surface area contributed by atoms with E-state index in [1.165, 1.54) is 12.3 Å². The zero-order valence-corrected chi connectivity index (χ0v) is 14.5. The summed E-state index contributed by atoms with van der Waals surface area (Å²) in [5, 5.41) is 5.56. The smallest absolute Gasteiger partial charge is 0.244 e. The van der Waals surface area contributed by atoms with Crippen LogP contribution >= 0.6 is 11.6 Å². The number of furan rings is 1. The van der Waals surface area contributed by atoms with Gasteiger partial charge in [0.15, 0.2) is 11.5 Å². The Bertz CT molecular complexity index is 817. The number of fused-ring (bicyclic) bond motifs is 1. The van der Waals surface area contributed by atoms with E-state index in [4.69, 9.17) is 25.5 Å². The van der Waals surface area contributed by atoms with Crippen LogP contribution in [-0.4, -0.2) is 31.6 Å². The number of halogens is 1. The average Bonchev–Trinajstić information content (AvgIpc) is 3.16. The Hall–Kier alpha value is -2.93. The molecule has 2 heterocycles. The molecule has 0 aliphatic carbocycles. The molecule has 0 radical (unpaired) electrons. The Labute approximate surface area is 154 Å². The van der Waals surface area contributed by atoms with Gasteiger partial charge in [0.1, 0.15) is 19.0 Å². The van der Waals surface area contributed by atoms with Crippen molar-refractivity contribution in [1.29, 1.82) is 0 Å². The van der Waals surface area contributed by atoms with Gasteiger partial charge in [-0.3, -0.25) is 9.59 Å². The second kappa shape index (κ2) is 8.44. The fraction of sp³-hybridized carbons (Fsp3) is 0.222. The van der Waals surface area contributed by atoms with Crippen molar-refractivity contribution in [3.63, 3.8) is 0 Å². The van der Waals surface area contributed by atoms with Crippen molar-refractivity contribution in [2.45, 2.75) is 6.54 Å². The number of ether oxygens (including phenoxy) is 2. The number of hydrogen-bond acceptors (Lipinski definition) is 5. The molecule has 26 heavy (non-hydrogen) atoms. The number of benzene rings is 1. The maximum Gasteiger partial charge on any atom is 0.244 e. The molecule has 0 saturated heterocycles. The Morgan fingerprint density at radius 1 is 1.19 bits per heavy atom. The predicted molar refractivity (Wildman–Crippen MR) is 95.0 cm³/mol. The van der Waals surface area contributed by atoms with E-state index < -0.39 is 5.91 Å². The van der Waals surface area contributed by atoms with Crippen LogP contribution < -0.4 is 20.1 Å². The first-order valence-electron chi connectivity index (χ1n) is 7.96. The normalized spacial score (nSPS) is 12.8. The number of carbonyl (C=O) groups is 2. The highest BCUT2D eigenvalue weighted by Crippen LogP contribution is 2.38. The van der Waals surface area contributed by atoms with Crippen LogP contribution in [0.4, 0.5) is 0 Å². The van der Waals surface area contributed by atoms with Crippen LogP contribution in [0.2, 0.25) is 5.02 Å². The molecule has 2 amide bonds. The SMILES string of the molecule is O=C(/C=C/c1cc(Cl)c2c(c1)OCCO2)NCC(=O)NCc1ccco1. The van der Waals surface area contributed by atoms with E-state index in [9.17, 15) is 9.59 Å². The minimum absolute atomic E-state index is 0.133. The standard InChI is InChI=1S/C18H17ClN2O5/c19-14-8-12(9-15-18(14)26-7-6-25-15)3-4-16(22)21-11-17(23)20-10-13-2-1-5-24-13/h1-5,8-9H,6-7,10-11H2,(H,20,23)(H,21,22)/b4-3+. The number of rotatable bonds is 6. The average molecular weight is 377 g/mol. The molecule has 2 aromatic rings. The third-order valence-corrected chi connectivity index (χ3v) is 3.79. The molecule has 0 saturated carbocycles. The van der Waals surface area contributed by atoms with Crippen molar-refractivity contribution in [2.24, 2.45) is 0 Å². The van der Waals surface area contributed by atoms with Crippen molar-refractivity contribution in [2.75, 3.05) is 19.8 Å². The van der Waals surface area contributed by atoms with E-state index in [0.717, 1.165) is 0 Å². The van der Waals surface area contributed by atoms with Gasteiger partial charge in [-0.05, 0) is 35.9 Å². The van der Waals surface area contributed by atoms with Gasteiger partial charge < -0.3 is 24.5 Å². The van der Waals surface area contributed by atoms with Crippen LogP contribution in [-0.2, 0) is 16.1 Å². The lowest BCUT2D eigenvalue weighted by atomic mass is 10.1. The molecule has 0 unspecified atom stereocenters. The molecule has 0 bridgehead atoms. The van der Waals surface area contributed by atoms with Crippen molar-refractivity contribution >= 4 is 29.5 Å². The van der Waals surface area contributed by atoms with E-state index in [1.807, 2.05) is 0 Å². The lowest BCUT2D eigenvalue weighted by Gasteiger charge is -2.19. The Kier molecular flexibility index (Phi) is 5.80. The minimum atomic E-state index is -0.399. The summed E-state index contributed by atoms with van der Waals surface area (Å²) in [4.78, 5) is 23.5. The van der Waals surface area contributed by atoms with Gasteiger partial charge in [0, 0.05) is 6.08 Å². The van der Waals surface area contributed by atoms with Gasteiger partial charge in [-0.1, -0.05) is 11.6 Å². The zero-order valence-electron chi connectivity index (χ0n) is 13.8.